The highest BCUT2D eigenvalue weighted by Crippen LogP contribution is 2.34. The number of alkyl halides is 2. The van der Waals surface area contributed by atoms with Crippen LogP contribution in [0.3, 0.4) is 0 Å². The molecule has 4 N–H and O–H groups in total. The normalized spacial score (nSPS) is 19.4. The van der Waals surface area contributed by atoms with Gasteiger partial charge >= 0.3 is 0 Å². The van der Waals surface area contributed by atoms with E-state index < -0.39 is 35.9 Å². The Morgan fingerprint density at radius 1 is 1.42 bits per heavy atom. The molecule has 33 heavy (non-hydrogen) atoms. The first kappa shape index (κ1) is 24.2. The van der Waals surface area contributed by atoms with Crippen molar-refractivity contribution >= 4 is 23.2 Å². The second-order valence-corrected chi connectivity index (χ2v) is 6.99. The van der Waals surface area contributed by atoms with Crippen LogP contribution in [0.5, 0.6) is 5.88 Å². The van der Waals surface area contributed by atoms with Gasteiger partial charge in [-0.3, -0.25) is 9.79 Å². The highest BCUT2D eigenvalue weighted by molar-refractivity contribution is 6.05. The summed E-state index contributed by atoms with van der Waals surface area (Å²) in [5.41, 5.74) is 3.05. The van der Waals surface area contributed by atoms with Crippen LogP contribution in [0.15, 0.2) is 29.4 Å². The van der Waals surface area contributed by atoms with Crippen LogP contribution in [-0.4, -0.2) is 68.7 Å². The quantitative estimate of drug-likeness (QED) is 0.498. The SMILES string of the molecule is CN=C1COC[C@](c2cc(NC(=O)c3ncc(OCCOC)nc3N)ccc2F)(C(F)F)N1. The fraction of sp³-hybridized carbons (Fsp3) is 0.400. The Labute approximate surface area is 187 Å². The molecule has 0 saturated carbocycles. The van der Waals surface area contributed by atoms with Crippen LogP contribution in [-0.2, 0) is 15.0 Å². The van der Waals surface area contributed by atoms with Crippen molar-refractivity contribution in [3.8, 4) is 5.88 Å². The largest absolute Gasteiger partial charge is 0.474 e. The Bertz CT molecular complexity index is 1040. The standard InChI is InChI=1S/C20H23F3N6O4/c1-25-14-9-32-10-20(29-14,19(22)23)12-7-11(3-4-13(12)21)27-18(30)16-17(24)28-15(8-26-16)33-6-5-31-2/h3-4,7-8,19H,5-6,9-10H2,1-2H3,(H2,24,28)(H,25,29)(H,27,30)/t20-/m0/s1. The molecule has 1 saturated heterocycles. The summed E-state index contributed by atoms with van der Waals surface area (Å²) in [4.78, 5) is 24.4. The van der Waals surface area contributed by atoms with Gasteiger partial charge in [0.25, 0.3) is 12.3 Å². The molecule has 1 aromatic carbocycles. The van der Waals surface area contributed by atoms with Crippen LogP contribution in [0.1, 0.15) is 16.1 Å². The van der Waals surface area contributed by atoms with Crippen molar-refractivity contribution < 1.29 is 32.2 Å². The Morgan fingerprint density at radius 3 is 2.88 bits per heavy atom. The van der Waals surface area contributed by atoms with Gasteiger partial charge in [0.1, 0.15) is 24.9 Å². The molecule has 13 heteroatoms. The number of amides is 1. The lowest BCUT2D eigenvalue weighted by Crippen LogP contribution is -2.59. The van der Waals surface area contributed by atoms with Crippen LogP contribution in [0, 0.1) is 5.82 Å². The topological polar surface area (TPSA) is 133 Å². The number of amidine groups is 1. The van der Waals surface area contributed by atoms with E-state index in [1.807, 2.05) is 0 Å². The highest BCUT2D eigenvalue weighted by atomic mass is 19.3. The number of anilines is 2. The van der Waals surface area contributed by atoms with E-state index in [0.717, 1.165) is 12.1 Å². The summed E-state index contributed by atoms with van der Waals surface area (Å²) in [6, 6.07) is 3.29. The minimum Gasteiger partial charge on any atom is -0.474 e. The molecule has 1 amide bonds. The van der Waals surface area contributed by atoms with Gasteiger partial charge in [-0.1, -0.05) is 0 Å². The molecule has 10 nitrogen and oxygen atoms in total. The lowest BCUT2D eigenvalue weighted by atomic mass is 9.89. The number of morpholine rings is 1. The lowest BCUT2D eigenvalue weighted by molar-refractivity contribution is -0.0332. The van der Waals surface area contributed by atoms with Crippen molar-refractivity contribution in [1.82, 2.24) is 15.3 Å². The molecule has 1 aliphatic rings. The molecule has 2 aromatic rings. The zero-order valence-corrected chi connectivity index (χ0v) is 17.9. The predicted octanol–water partition coefficient (Wildman–Crippen LogP) is 1.58. The van der Waals surface area contributed by atoms with Gasteiger partial charge in [0, 0.05) is 25.4 Å². The van der Waals surface area contributed by atoms with Gasteiger partial charge in [-0.15, -0.1) is 0 Å². The maximum atomic E-state index is 14.6. The lowest BCUT2D eigenvalue weighted by Gasteiger charge is -2.39. The van der Waals surface area contributed by atoms with Crippen molar-refractivity contribution in [2.75, 3.05) is 51.6 Å². The predicted molar refractivity (Wildman–Crippen MR) is 113 cm³/mol. The Kier molecular flexibility index (Phi) is 7.66. The van der Waals surface area contributed by atoms with E-state index in [1.165, 1.54) is 26.4 Å². The average molecular weight is 468 g/mol. The van der Waals surface area contributed by atoms with Crippen LogP contribution in [0.25, 0.3) is 0 Å². The van der Waals surface area contributed by atoms with Crippen LogP contribution < -0.4 is 21.1 Å². The van der Waals surface area contributed by atoms with Crippen LogP contribution in [0.4, 0.5) is 24.7 Å². The Balaban J connectivity index is 1.84. The highest BCUT2D eigenvalue weighted by Gasteiger charge is 2.47. The van der Waals surface area contributed by atoms with Crippen LogP contribution >= 0.6 is 0 Å². The van der Waals surface area contributed by atoms with E-state index in [-0.39, 0.29) is 42.1 Å². The average Bonchev–Trinajstić information content (AvgIpc) is 2.80. The van der Waals surface area contributed by atoms with Crippen molar-refractivity contribution in [3.05, 3.63) is 41.5 Å². The number of methoxy groups -OCH3 is 1. The maximum Gasteiger partial charge on any atom is 0.278 e. The molecule has 0 spiro atoms. The number of nitrogens with one attached hydrogen (secondary N) is 2. The summed E-state index contributed by atoms with van der Waals surface area (Å²) < 4.78 is 58.2. The summed E-state index contributed by atoms with van der Waals surface area (Å²) >= 11 is 0. The minimum atomic E-state index is -3.04. The molecule has 0 bridgehead atoms. The molecular formula is C20H23F3N6O4. The number of carbonyl (C=O) groups is 1. The Hall–Kier alpha value is -3.45. The number of hydrogen-bond donors (Lipinski definition) is 3. The second-order valence-electron chi connectivity index (χ2n) is 6.99. The number of nitrogens with two attached hydrogens (primary N) is 1. The maximum absolute atomic E-state index is 14.6. The third kappa shape index (κ3) is 5.31. The number of rotatable bonds is 8. The molecule has 1 aromatic heterocycles. The number of halogens is 3. The van der Waals surface area contributed by atoms with Crippen molar-refractivity contribution in [1.29, 1.82) is 0 Å². The first-order valence-corrected chi connectivity index (χ1v) is 9.76. The van der Waals surface area contributed by atoms with E-state index in [2.05, 4.69) is 25.6 Å². The fourth-order valence-electron chi connectivity index (χ4n) is 3.13. The van der Waals surface area contributed by atoms with Crippen LogP contribution in [0.2, 0.25) is 0 Å². The molecule has 2 heterocycles. The summed E-state index contributed by atoms with van der Waals surface area (Å²) in [7, 11) is 2.91. The second kappa shape index (κ2) is 10.4. The van der Waals surface area contributed by atoms with E-state index in [1.54, 1.807) is 0 Å². The molecule has 1 aliphatic heterocycles. The van der Waals surface area contributed by atoms with E-state index in [4.69, 9.17) is 19.9 Å². The van der Waals surface area contributed by atoms with Crippen molar-refractivity contribution in [3.63, 3.8) is 0 Å². The number of aliphatic imine (C=N–C) groups is 1. The van der Waals surface area contributed by atoms with Gasteiger partial charge in [-0.2, -0.15) is 4.98 Å². The molecule has 0 aliphatic carbocycles. The van der Waals surface area contributed by atoms with Gasteiger partial charge in [-0.05, 0) is 18.2 Å². The van der Waals surface area contributed by atoms with E-state index >= 15 is 0 Å². The Morgan fingerprint density at radius 2 is 2.21 bits per heavy atom. The number of nitrogens with zero attached hydrogens (tertiary/aromatic N) is 3. The molecule has 1 atom stereocenters. The number of hydrogen-bond acceptors (Lipinski definition) is 8. The molecule has 0 radical (unpaired) electrons. The summed E-state index contributed by atoms with van der Waals surface area (Å²) in [6.45, 7) is 0.0258. The number of ether oxygens (including phenoxy) is 3. The minimum absolute atomic E-state index is 0.00780. The van der Waals surface area contributed by atoms with E-state index in [9.17, 15) is 18.0 Å². The molecule has 3 rings (SSSR count). The number of aromatic nitrogens is 2. The monoisotopic (exact) mass is 468 g/mol. The van der Waals surface area contributed by atoms with Crippen molar-refractivity contribution in [2.24, 2.45) is 4.99 Å². The van der Waals surface area contributed by atoms with Gasteiger partial charge in [0.05, 0.1) is 19.4 Å². The number of nitrogen functional groups attached to an aromatic ring is 1. The number of benzene rings is 1. The van der Waals surface area contributed by atoms with Gasteiger partial charge in [0.15, 0.2) is 17.1 Å². The smallest absolute Gasteiger partial charge is 0.278 e. The molecular weight excluding hydrogens is 445 g/mol. The van der Waals surface area contributed by atoms with Gasteiger partial charge in [-0.25, -0.2) is 18.2 Å². The van der Waals surface area contributed by atoms with Gasteiger partial charge < -0.3 is 30.6 Å². The first-order valence-electron chi connectivity index (χ1n) is 9.76. The zero-order chi connectivity index (χ0) is 24.0. The molecule has 0 unspecified atom stereocenters. The fourth-order valence-corrected chi connectivity index (χ4v) is 3.13. The summed E-state index contributed by atoms with van der Waals surface area (Å²) in [5, 5.41) is 5.05. The summed E-state index contributed by atoms with van der Waals surface area (Å²) in [5.74, 6) is -1.64. The third-order valence-corrected chi connectivity index (χ3v) is 4.81. The third-order valence-electron chi connectivity index (χ3n) is 4.81. The van der Waals surface area contributed by atoms with Crippen molar-refractivity contribution in [2.45, 2.75) is 12.0 Å². The first-order chi connectivity index (χ1) is 15.8. The summed E-state index contributed by atoms with van der Waals surface area (Å²) in [6.07, 6.45) is -1.83. The number of carbonyl (C=O) groups excluding carboxylic acids is 1. The van der Waals surface area contributed by atoms with E-state index in [0.29, 0.717) is 6.61 Å². The van der Waals surface area contributed by atoms with Gasteiger partial charge in [0.2, 0.25) is 5.88 Å². The molecule has 178 valence electrons. The molecule has 1 fully saturated rings. The zero-order valence-electron chi connectivity index (χ0n) is 17.9.